The standard InChI is InChI=1S/C25H42ClNO4S/c1-3-5-6-10-17-32(30)18-11-8-7-9-14-21-19-23(28)25(24(29)20-21)22(13-4-2)27-31-16-12-15-26/h12,15,21,25H,3-11,13-14,16-20H2,1-2H3. The Morgan fingerprint density at radius 2 is 1.62 bits per heavy atom. The minimum atomic E-state index is -0.738. The highest BCUT2D eigenvalue weighted by Gasteiger charge is 2.38. The van der Waals surface area contributed by atoms with E-state index in [4.69, 9.17) is 16.4 Å². The lowest BCUT2D eigenvalue weighted by Gasteiger charge is -2.27. The second kappa shape index (κ2) is 18.4. The molecule has 1 unspecified atom stereocenters. The molecule has 0 aromatic carbocycles. The van der Waals surface area contributed by atoms with Gasteiger partial charge in [0.2, 0.25) is 0 Å². The Bertz CT molecular complexity index is 617. The molecular formula is C25H42ClNO4S. The zero-order chi connectivity index (χ0) is 23.6. The molecule has 1 aliphatic carbocycles. The largest absolute Gasteiger partial charge is 0.392 e. The number of oxime groups is 1. The number of ketones is 2. The van der Waals surface area contributed by atoms with Crippen LogP contribution < -0.4 is 0 Å². The van der Waals surface area contributed by atoms with Crippen LogP contribution in [0.4, 0.5) is 0 Å². The summed E-state index contributed by atoms with van der Waals surface area (Å²) in [6.45, 7) is 4.41. The maximum Gasteiger partial charge on any atom is 0.149 e. The number of hydrogen-bond acceptors (Lipinski definition) is 5. The molecule has 0 bridgehead atoms. The number of unbranched alkanes of at least 4 members (excludes halogenated alkanes) is 6. The highest BCUT2D eigenvalue weighted by atomic mass is 35.5. The third kappa shape index (κ3) is 12.3. The third-order valence-corrected chi connectivity index (χ3v) is 7.53. The van der Waals surface area contributed by atoms with Gasteiger partial charge in [-0.2, -0.15) is 0 Å². The molecule has 0 aromatic heterocycles. The topological polar surface area (TPSA) is 72.8 Å². The molecule has 0 heterocycles. The van der Waals surface area contributed by atoms with E-state index in [1.165, 1.54) is 24.8 Å². The summed E-state index contributed by atoms with van der Waals surface area (Å²) in [5.74, 6) is 1.00. The minimum absolute atomic E-state index is 0.0200. The zero-order valence-electron chi connectivity index (χ0n) is 20.0. The van der Waals surface area contributed by atoms with Crippen molar-refractivity contribution < 1.29 is 18.6 Å². The predicted molar refractivity (Wildman–Crippen MR) is 135 cm³/mol. The second-order valence-corrected chi connectivity index (χ2v) is 10.7. The fourth-order valence-electron chi connectivity index (χ4n) is 4.17. The van der Waals surface area contributed by atoms with Gasteiger partial charge >= 0.3 is 0 Å². The summed E-state index contributed by atoms with van der Waals surface area (Å²) in [6.07, 6.45) is 13.7. The lowest BCUT2D eigenvalue weighted by atomic mass is 9.75. The predicted octanol–water partition coefficient (Wildman–Crippen LogP) is 6.36. The molecule has 1 aliphatic rings. The molecule has 0 aromatic rings. The number of halogens is 1. The molecule has 0 saturated heterocycles. The van der Waals surface area contributed by atoms with E-state index in [1.54, 1.807) is 6.08 Å². The molecule has 184 valence electrons. The molecule has 1 saturated carbocycles. The molecule has 32 heavy (non-hydrogen) atoms. The van der Waals surface area contributed by atoms with Crippen LogP contribution in [0.25, 0.3) is 0 Å². The van der Waals surface area contributed by atoms with Crippen LogP contribution in [0.15, 0.2) is 16.8 Å². The highest BCUT2D eigenvalue weighted by Crippen LogP contribution is 2.29. The van der Waals surface area contributed by atoms with Gasteiger partial charge < -0.3 is 4.84 Å². The van der Waals surface area contributed by atoms with Gasteiger partial charge in [0.15, 0.2) is 0 Å². The van der Waals surface area contributed by atoms with Gasteiger partial charge in [0.05, 0.1) is 5.71 Å². The van der Waals surface area contributed by atoms with Gasteiger partial charge in [-0.25, -0.2) is 0 Å². The second-order valence-electron chi connectivity index (χ2n) is 8.74. The van der Waals surface area contributed by atoms with Crippen LogP contribution >= 0.6 is 11.6 Å². The van der Waals surface area contributed by atoms with Gasteiger partial charge in [0.25, 0.3) is 0 Å². The summed E-state index contributed by atoms with van der Waals surface area (Å²) >= 11 is 5.47. The molecule has 1 atom stereocenters. The van der Waals surface area contributed by atoms with Crippen molar-refractivity contribution in [2.75, 3.05) is 18.1 Å². The summed E-state index contributed by atoms with van der Waals surface area (Å²) < 4.78 is 12.0. The van der Waals surface area contributed by atoms with Gasteiger partial charge in [0, 0.05) is 40.7 Å². The number of carbonyl (C=O) groups excluding carboxylic acids is 2. The van der Waals surface area contributed by atoms with E-state index in [2.05, 4.69) is 12.1 Å². The molecule has 1 fully saturated rings. The summed E-state index contributed by atoms with van der Waals surface area (Å²) in [6, 6.07) is 0. The number of hydrogen-bond donors (Lipinski definition) is 0. The third-order valence-electron chi connectivity index (χ3n) is 5.86. The SMILES string of the molecule is CCCCCCS(=O)CCCCCCC1CC(=O)C(C(CCC)=NOCC=CCl)C(=O)C1. The van der Waals surface area contributed by atoms with Crippen LogP contribution in [0.3, 0.4) is 0 Å². The Labute approximate surface area is 202 Å². The van der Waals surface area contributed by atoms with E-state index in [0.29, 0.717) is 25.0 Å². The molecule has 0 spiro atoms. The lowest BCUT2D eigenvalue weighted by molar-refractivity contribution is -0.134. The zero-order valence-corrected chi connectivity index (χ0v) is 21.6. The first-order chi connectivity index (χ1) is 15.5. The van der Waals surface area contributed by atoms with Crippen LogP contribution in [0.1, 0.15) is 97.3 Å². The quantitative estimate of drug-likeness (QED) is 0.0975. The van der Waals surface area contributed by atoms with Crippen molar-refractivity contribution >= 4 is 39.7 Å². The number of Topliss-reactive ketones (excluding diaryl/α,β-unsaturated/α-hetero) is 2. The molecular weight excluding hydrogens is 446 g/mol. The van der Waals surface area contributed by atoms with Crippen LogP contribution in [-0.2, 0) is 25.2 Å². The highest BCUT2D eigenvalue weighted by molar-refractivity contribution is 7.84. The average Bonchev–Trinajstić information content (AvgIpc) is 2.76. The first-order valence-electron chi connectivity index (χ1n) is 12.4. The molecule has 0 aliphatic heterocycles. The Balaban J connectivity index is 2.31. The van der Waals surface area contributed by atoms with Crippen molar-refractivity contribution in [3.05, 3.63) is 11.6 Å². The summed E-state index contributed by atoms with van der Waals surface area (Å²) in [5, 5.41) is 4.08. The van der Waals surface area contributed by atoms with Gasteiger partial charge in [-0.15, -0.1) is 0 Å². The van der Waals surface area contributed by atoms with E-state index in [1.807, 2.05) is 6.92 Å². The molecule has 5 nitrogen and oxygen atoms in total. The van der Waals surface area contributed by atoms with Crippen LogP contribution in [0, 0.1) is 11.8 Å². The Hall–Kier alpha value is -1.01. The monoisotopic (exact) mass is 487 g/mol. The van der Waals surface area contributed by atoms with Crippen molar-refractivity contribution in [3.63, 3.8) is 0 Å². The number of rotatable bonds is 18. The Morgan fingerprint density at radius 3 is 2.22 bits per heavy atom. The van der Waals surface area contributed by atoms with Gasteiger partial charge in [-0.3, -0.25) is 13.8 Å². The van der Waals surface area contributed by atoms with E-state index in [-0.39, 0.29) is 24.1 Å². The summed E-state index contributed by atoms with van der Waals surface area (Å²) in [7, 11) is -0.678. The molecule has 0 N–H and O–H groups in total. The normalized spacial score (nSPS) is 20.8. The van der Waals surface area contributed by atoms with Gasteiger partial charge in [-0.1, -0.05) is 75.5 Å². The maximum absolute atomic E-state index is 12.7. The molecule has 1 rings (SSSR count). The van der Waals surface area contributed by atoms with Gasteiger partial charge in [-0.05, 0) is 37.7 Å². The van der Waals surface area contributed by atoms with Crippen molar-refractivity contribution in [2.24, 2.45) is 17.0 Å². The lowest BCUT2D eigenvalue weighted by Crippen LogP contribution is -2.38. The van der Waals surface area contributed by atoms with E-state index in [0.717, 1.165) is 56.5 Å². The number of nitrogens with zero attached hydrogens (tertiary/aromatic N) is 1. The van der Waals surface area contributed by atoms with Crippen LogP contribution in [0.5, 0.6) is 0 Å². The van der Waals surface area contributed by atoms with Crippen molar-refractivity contribution in [2.45, 2.75) is 97.3 Å². The average molecular weight is 488 g/mol. The van der Waals surface area contributed by atoms with Crippen LogP contribution in [0.2, 0.25) is 0 Å². The summed E-state index contributed by atoms with van der Waals surface area (Å²) in [4.78, 5) is 30.7. The molecule has 7 heteroatoms. The number of carbonyl (C=O) groups is 2. The minimum Gasteiger partial charge on any atom is -0.392 e. The molecule has 0 radical (unpaired) electrons. The summed E-state index contributed by atoms with van der Waals surface area (Å²) in [5.41, 5.74) is 1.90. The van der Waals surface area contributed by atoms with E-state index < -0.39 is 16.7 Å². The molecule has 0 amide bonds. The van der Waals surface area contributed by atoms with Crippen LogP contribution in [-0.4, -0.2) is 39.6 Å². The van der Waals surface area contributed by atoms with Crippen molar-refractivity contribution in [1.82, 2.24) is 0 Å². The van der Waals surface area contributed by atoms with E-state index in [9.17, 15) is 13.8 Å². The first-order valence-corrected chi connectivity index (χ1v) is 14.3. The maximum atomic E-state index is 12.7. The Morgan fingerprint density at radius 1 is 1.00 bits per heavy atom. The first kappa shape index (κ1) is 29.0. The fourth-order valence-corrected chi connectivity index (χ4v) is 5.50. The van der Waals surface area contributed by atoms with Crippen molar-refractivity contribution in [1.29, 1.82) is 0 Å². The smallest absolute Gasteiger partial charge is 0.149 e. The van der Waals surface area contributed by atoms with E-state index >= 15 is 0 Å². The van der Waals surface area contributed by atoms with Gasteiger partial charge in [0.1, 0.15) is 24.1 Å². The Kier molecular flexibility index (Phi) is 16.7. The van der Waals surface area contributed by atoms with Crippen molar-refractivity contribution in [3.8, 4) is 0 Å². The fraction of sp³-hybridized carbons (Fsp3) is 0.800.